The lowest BCUT2D eigenvalue weighted by Crippen LogP contribution is -2.22. The summed E-state index contributed by atoms with van der Waals surface area (Å²) >= 11 is 0. The highest BCUT2D eigenvalue weighted by atomic mass is 16.5. The van der Waals surface area contributed by atoms with Crippen molar-refractivity contribution in [2.45, 2.75) is 19.5 Å². The molecule has 0 unspecified atom stereocenters. The van der Waals surface area contributed by atoms with Gasteiger partial charge in [-0.1, -0.05) is 24.3 Å². The van der Waals surface area contributed by atoms with E-state index in [1.54, 1.807) is 6.07 Å². The molecule has 21 heavy (non-hydrogen) atoms. The van der Waals surface area contributed by atoms with E-state index in [9.17, 15) is 4.79 Å². The zero-order valence-corrected chi connectivity index (χ0v) is 11.8. The number of nitrogens with two attached hydrogens (primary N) is 1. The average molecular weight is 282 g/mol. The monoisotopic (exact) mass is 282 g/mol. The van der Waals surface area contributed by atoms with E-state index >= 15 is 0 Å². The summed E-state index contributed by atoms with van der Waals surface area (Å²) in [6.07, 6.45) is 0.870. The Morgan fingerprint density at radius 1 is 1.19 bits per heavy atom. The molecular formula is C17H18N2O2. The number of benzene rings is 2. The minimum Gasteiger partial charge on any atom is -0.493 e. The van der Waals surface area contributed by atoms with E-state index in [-0.39, 0.29) is 5.91 Å². The number of rotatable bonds is 4. The fourth-order valence-corrected chi connectivity index (χ4v) is 2.48. The van der Waals surface area contributed by atoms with Gasteiger partial charge in [0.05, 0.1) is 6.61 Å². The first kappa shape index (κ1) is 13.6. The van der Waals surface area contributed by atoms with Gasteiger partial charge < -0.3 is 15.8 Å². The SMILES string of the molecule is NCc1cccc(CNC(=O)c2ccc3c(c2)CCO3)c1. The minimum absolute atomic E-state index is 0.0668. The second-order valence-electron chi connectivity index (χ2n) is 5.13. The molecule has 1 heterocycles. The second-order valence-corrected chi connectivity index (χ2v) is 5.13. The van der Waals surface area contributed by atoms with Crippen LogP contribution in [-0.4, -0.2) is 12.5 Å². The first-order valence-corrected chi connectivity index (χ1v) is 7.08. The molecule has 0 atom stereocenters. The number of fused-ring (bicyclic) bond motifs is 1. The zero-order chi connectivity index (χ0) is 14.7. The summed E-state index contributed by atoms with van der Waals surface area (Å²) in [6.45, 7) is 1.71. The van der Waals surface area contributed by atoms with Crippen LogP contribution in [0.3, 0.4) is 0 Å². The molecule has 0 aromatic heterocycles. The van der Waals surface area contributed by atoms with Gasteiger partial charge in [0.25, 0.3) is 5.91 Å². The van der Waals surface area contributed by atoms with E-state index in [4.69, 9.17) is 10.5 Å². The van der Waals surface area contributed by atoms with E-state index < -0.39 is 0 Å². The van der Waals surface area contributed by atoms with Crippen LogP contribution in [0.4, 0.5) is 0 Å². The van der Waals surface area contributed by atoms with Crippen LogP contribution in [0.15, 0.2) is 42.5 Å². The number of amides is 1. The Morgan fingerprint density at radius 3 is 2.90 bits per heavy atom. The molecule has 4 heteroatoms. The number of carbonyl (C=O) groups excluding carboxylic acids is 1. The maximum atomic E-state index is 12.2. The lowest BCUT2D eigenvalue weighted by Gasteiger charge is -2.08. The van der Waals surface area contributed by atoms with Gasteiger partial charge in [0.15, 0.2) is 0 Å². The van der Waals surface area contributed by atoms with Gasteiger partial charge in [-0.2, -0.15) is 0 Å². The highest BCUT2D eigenvalue weighted by Gasteiger charge is 2.14. The Morgan fingerprint density at radius 2 is 2.05 bits per heavy atom. The Labute approximate surface area is 123 Å². The highest BCUT2D eigenvalue weighted by Crippen LogP contribution is 2.25. The number of carbonyl (C=O) groups is 1. The van der Waals surface area contributed by atoms with E-state index in [1.807, 2.05) is 36.4 Å². The summed E-state index contributed by atoms with van der Waals surface area (Å²) in [4.78, 5) is 12.2. The van der Waals surface area contributed by atoms with Gasteiger partial charge >= 0.3 is 0 Å². The van der Waals surface area contributed by atoms with E-state index in [0.29, 0.717) is 25.3 Å². The van der Waals surface area contributed by atoms with Crippen molar-refractivity contribution in [1.82, 2.24) is 5.32 Å². The van der Waals surface area contributed by atoms with E-state index in [1.165, 1.54) is 0 Å². The fraction of sp³-hybridized carbons (Fsp3) is 0.235. The van der Waals surface area contributed by atoms with Crippen LogP contribution in [-0.2, 0) is 19.5 Å². The van der Waals surface area contributed by atoms with Crippen LogP contribution >= 0.6 is 0 Å². The summed E-state index contributed by atoms with van der Waals surface area (Å²) < 4.78 is 5.44. The maximum Gasteiger partial charge on any atom is 0.251 e. The Balaban J connectivity index is 1.66. The maximum absolute atomic E-state index is 12.2. The molecule has 0 fully saturated rings. The summed E-state index contributed by atoms with van der Waals surface area (Å²) in [5, 5.41) is 2.94. The minimum atomic E-state index is -0.0668. The number of hydrogen-bond donors (Lipinski definition) is 2. The van der Waals surface area contributed by atoms with Crippen molar-refractivity contribution < 1.29 is 9.53 Å². The van der Waals surface area contributed by atoms with Gasteiger partial charge in [0.1, 0.15) is 5.75 Å². The number of nitrogens with one attached hydrogen (secondary N) is 1. The molecule has 1 amide bonds. The second kappa shape index (κ2) is 5.97. The normalized spacial score (nSPS) is 12.6. The van der Waals surface area contributed by atoms with Gasteiger partial charge in [-0.05, 0) is 34.9 Å². The van der Waals surface area contributed by atoms with Crippen molar-refractivity contribution in [3.8, 4) is 5.75 Å². The van der Waals surface area contributed by atoms with Crippen molar-refractivity contribution in [3.05, 3.63) is 64.7 Å². The predicted molar refractivity (Wildman–Crippen MR) is 81.1 cm³/mol. The van der Waals surface area contributed by atoms with E-state index in [0.717, 1.165) is 28.9 Å². The summed E-state index contributed by atoms with van der Waals surface area (Å²) in [7, 11) is 0. The van der Waals surface area contributed by atoms with Crippen molar-refractivity contribution in [3.63, 3.8) is 0 Å². The van der Waals surface area contributed by atoms with Crippen LogP contribution in [0.1, 0.15) is 27.0 Å². The average Bonchev–Trinajstić information content (AvgIpc) is 3.00. The molecule has 3 rings (SSSR count). The lowest BCUT2D eigenvalue weighted by atomic mass is 10.1. The summed E-state index contributed by atoms with van der Waals surface area (Å²) in [5.74, 6) is 0.824. The topological polar surface area (TPSA) is 64.3 Å². The third-order valence-electron chi connectivity index (χ3n) is 3.63. The lowest BCUT2D eigenvalue weighted by molar-refractivity contribution is 0.0951. The van der Waals surface area contributed by atoms with Crippen LogP contribution < -0.4 is 15.8 Å². The molecule has 3 N–H and O–H groups in total. The fourth-order valence-electron chi connectivity index (χ4n) is 2.48. The summed E-state index contributed by atoms with van der Waals surface area (Å²) in [6, 6.07) is 13.5. The van der Waals surface area contributed by atoms with Gasteiger partial charge in [-0.3, -0.25) is 4.79 Å². The highest BCUT2D eigenvalue weighted by molar-refractivity contribution is 5.94. The van der Waals surface area contributed by atoms with Crippen LogP contribution in [0.5, 0.6) is 5.75 Å². The Kier molecular flexibility index (Phi) is 3.88. The molecule has 0 bridgehead atoms. The van der Waals surface area contributed by atoms with Crippen molar-refractivity contribution in [1.29, 1.82) is 0 Å². The number of ether oxygens (including phenoxy) is 1. The summed E-state index contributed by atoms with van der Waals surface area (Å²) in [5.41, 5.74) is 9.52. The molecule has 0 spiro atoms. The van der Waals surface area contributed by atoms with Crippen LogP contribution in [0, 0.1) is 0 Å². The molecule has 0 saturated heterocycles. The Bertz CT molecular complexity index is 668. The smallest absolute Gasteiger partial charge is 0.251 e. The molecule has 2 aromatic rings. The van der Waals surface area contributed by atoms with Gasteiger partial charge in [0, 0.05) is 25.1 Å². The predicted octanol–water partition coefficient (Wildman–Crippen LogP) is 2.01. The third-order valence-corrected chi connectivity index (χ3v) is 3.63. The van der Waals surface area contributed by atoms with Crippen LogP contribution in [0.2, 0.25) is 0 Å². The standard InChI is InChI=1S/C17H18N2O2/c18-10-12-2-1-3-13(8-12)11-19-17(20)15-4-5-16-14(9-15)6-7-21-16/h1-5,8-9H,6-7,10-11,18H2,(H,19,20). The molecule has 108 valence electrons. The molecule has 4 nitrogen and oxygen atoms in total. The van der Waals surface area contributed by atoms with Crippen molar-refractivity contribution >= 4 is 5.91 Å². The largest absolute Gasteiger partial charge is 0.493 e. The van der Waals surface area contributed by atoms with Gasteiger partial charge in [-0.15, -0.1) is 0 Å². The Hall–Kier alpha value is -2.33. The molecule has 1 aliphatic rings. The van der Waals surface area contributed by atoms with Crippen molar-refractivity contribution in [2.75, 3.05) is 6.61 Å². The van der Waals surface area contributed by atoms with E-state index in [2.05, 4.69) is 5.32 Å². The first-order valence-electron chi connectivity index (χ1n) is 7.08. The molecule has 1 aliphatic heterocycles. The van der Waals surface area contributed by atoms with Crippen molar-refractivity contribution in [2.24, 2.45) is 5.73 Å². The molecule has 0 aliphatic carbocycles. The molecule has 0 saturated carbocycles. The number of hydrogen-bond acceptors (Lipinski definition) is 3. The zero-order valence-electron chi connectivity index (χ0n) is 11.8. The molecule has 2 aromatic carbocycles. The first-order chi connectivity index (χ1) is 10.3. The third kappa shape index (κ3) is 3.06. The van der Waals surface area contributed by atoms with Gasteiger partial charge in [0.2, 0.25) is 0 Å². The quantitative estimate of drug-likeness (QED) is 0.901. The van der Waals surface area contributed by atoms with Crippen LogP contribution in [0.25, 0.3) is 0 Å². The molecule has 0 radical (unpaired) electrons. The van der Waals surface area contributed by atoms with Gasteiger partial charge in [-0.25, -0.2) is 0 Å². The molecular weight excluding hydrogens is 264 g/mol.